The molecule has 0 fully saturated rings. The third kappa shape index (κ3) is 7.92. The maximum Gasteiger partial charge on any atom is 0.244 e. The van der Waals surface area contributed by atoms with E-state index < -0.39 is 28.5 Å². The molecule has 0 saturated carbocycles. The molecular formula is C30H37N3O4S. The van der Waals surface area contributed by atoms with Crippen LogP contribution in [0.5, 0.6) is 0 Å². The minimum absolute atomic E-state index is 0.0759. The molecule has 202 valence electrons. The molecule has 0 heterocycles. The van der Waals surface area contributed by atoms with Crippen LogP contribution in [0.25, 0.3) is 0 Å². The van der Waals surface area contributed by atoms with E-state index in [-0.39, 0.29) is 18.5 Å². The molecular weight excluding hydrogens is 498 g/mol. The Bertz CT molecular complexity index is 1310. The second-order valence-electron chi connectivity index (χ2n) is 9.58. The standard InChI is InChI=1S/C30H37N3O4S/c1-5-24(3)31-30(35)28(20-25-15-8-6-9-16-25)32(21-26-17-13-12-14-23(26)2)29(34)22-33(38(4,36)37)27-18-10-7-11-19-27/h6-19,24,28H,5,20-22H2,1-4H3,(H,31,35). The number of sulfonamides is 1. The summed E-state index contributed by atoms with van der Waals surface area (Å²) in [5.74, 6) is -0.724. The molecule has 38 heavy (non-hydrogen) atoms. The Labute approximate surface area is 226 Å². The molecule has 0 radical (unpaired) electrons. The number of anilines is 1. The highest BCUT2D eigenvalue weighted by Gasteiger charge is 2.33. The van der Waals surface area contributed by atoms with Gasteiger partial charge in [0.1, 0.15) is 12.6 Å². The zero-order valence-electron chi connectivity index (χ0n) is 22.5. The normalized spacial score (nSPS) is 12.8. The van der Waals surface area contributed by atoms with Gasteiger partial charge in [0.15, 0.2) is 0 Å². The molecule has 0 aliphatic heterocycles. The van der Waals surface area contributed by atoms with Crippen molar-refractivity contribution in [3.05, 3.63) is 102 Å². The zero-order chi connectivity index (χ0) is 27.7. The Morgan fingerprint density at radius 1 is 0.895 bits per heavy atom. The van der Waals surface area contributed by atoms with Gasteiger partial charge in [0.2, 0.25) is 21.8 Å². The van der Waals surface area contributed by atoms with E-state index in [0.29, 0.717) is 12.1 Å². The van der Waals surface area contributed by atoms with Crippen LogP contribution in [-0.4, -0.2) is 50.0 Å². The van der Waals surface area contributed by atoms with Crippen molar-refractivity contribution < 1.29 is 18.0 Å². The van der Waals surface area contributed by atoms with Gasteiger partial charge in [0, 0.05) is 19.0 Å². The first-order valence-electron chi connectivity index (χ1n) is 12.8. The lowest BCUT2D eigenvalue weighted by molar-refractivity contribution is -0.140. The largest absolute Gasteiger partial charge is 0.352 e. The summed E-state index contributed by atoms with van der Waals surface area (Å²) in [7, 11) is -3.77. The fraction of sp³-hybridized carbons (Fsp3) is 0.333. The van der Waals surface area contributed by atoms with Crippen LogP contribution in [0.4, 0.5) is 5.69 Å². The van der Waals surface area contributed by atoms with Gasteiger partial charge in [-0.15, -0.1) is 0 Å². The predicted octanol–water partition coefficient (Wildman–Crippen LogP) is 4.32. The lowest BCUT2D eigenvalue weighted by Gasteiger charge is -2.34. The zero-order valence-corrected chi connectivity index (χ0v) is 23.3. The summed E-state index contributed by atoms with van der Waals surface area (Å²) < 4.78 is 26.6. The van der Waals surface area contributed by atoms with E-state index in [0.717, 1.165) is 33.7 Å². The smallest absolute Gasteiger partial charge is 0.244 e. The maximum absolute atomic E-state index is 14.0. The van der Waals surface area contributed by atoms with Gasteiger partial charge in [-0.05, 0) is 49.1 Å². The Morgan fingerprint density at radius 2 is 1.47 bits per heavy atom. The third-order valence-electron chi connectivity index (χ3n) is 6.60. The second-order valence-corrected chi connectivity index (χ2v) is 11.5. The van der Waals surface area contributed by atoms with Crippen LogP contribution >= 0.6 is 0 Å². The van der Waals surface area contributed by atoms with Crippen molar-refractivity contribution >= 4 is 27.5 Å². The van der Waals surface area contributed by atoms with Gasteiger partial charge in [-0.2, -0.15) is 0 Å². The van der Waals surface area contributed by atoms with Gasteiger partial charge in [-0.25, -0.2) is 8.42 Å². The molecule has 3 aromatic rings. The highest BCUT2D eigenvalue weighted by atomic mass is 32.2. The summed E-state index contributed by atoms with van der Waals surface area (Å²) in [6.45, 7) is 5.61. The Kier molecular flexibility index (Phi) is 10.1. The molecule has 3 aromatic carbocycles. The quantitative estimate of drug-likeness (QED) is 0.374. The summed E-state index contributed by atoms with van der Waals surface area (Å²) in [5, 5.41) is 3.04. The van der Waals surface area contributed by atoms with Crippen LogP contribution in [-0.2, 0) is 32.6 Å². The molecule has 8 heteroatoms. The molecule has 3 rings (SSSR count). The molecule has 7 nitrogen and oxygen atoms in total. The van der Waals surface area contributed by atoms with Crippen LogP contribution in [0.2, 0.25) is 0 Å². The average molecular weight is 536 g/mol. The number of amides is 2. The lowest BCUT2D eigenvalue weighted by atomic mass is 10.0. The number of hydrogen-bond donors (Lipinski definition) is 1. The molecule has 0 aliphatic carbocycles. The predicted molar refractivity (Wildman–Crippen MR) is 152 cm³/mol. The Balaban J connectivity index is 2.05. The van der Waals surface area contributed by atoms with Crippen molar-refractivity contribution in [3.8, 4) is 0 Å². The fourth-order valence-electron chi connectivity index (χ4n) is 4.17. The van der Waals surface area contributed by atoms with Crippen LogP contribution in [0.1, 0.15) is 37.0 Å². The number of aryl methyl sites for hydroxylation is 1. The summed E-state index contributed by atoms with van der Waals surface area (Å²) >= 11 is 0. The van der Waals surface area contributed by atoms with Crippen LogP contribution < -0.4 is 9.62 Å². The summed E-state index contributed by atoms with van der Waals surface area (Å²) in [4.78, 5) is 29.2. The molecule has 0 saturated heterocycles. The van der Waals surface area contributed by atoms with Crippen molar-refractivity contribution in [2.24, 2.45) is 0 Å². The van der Waals surface area contributed by atoms with Gasteiger partial charge in [0.25, 0.3) is 0 Å². The van der Waals surface area contributed by atoms with Crippen LogP contribution in [0.15, 0.2) is 84.9 Å². The topological polar surface area (TPSA) is 86.8 Å². The minimum atomic E-state index is -3.77. The molecule has 2 unspecified atom stereocenters. The Hall–Kier alpha value is -3.65. The van der Waals surface area contributed by atoms with Gasteiger partial charge in [0.05, 0.1) is 11.9 Å². The Morgan fingerprint density at radius 3 is 2.05 bits per heavy atom. The number of benzene rings is 3. The van der Waals surface area contributed by atoms with Crippen molar-refractivity contribution in [1.82, 2.24) is 10.2 Å². The van der Waals surface area contributed by atoms with E-state index in [9.17, 15) is 18.0 Å². The van der Waals surface area contributed by atoms with Crippen molar-refractivity contribution in [3.63, 3.8) is 0 Å². The number of nitrogens with zero attached hydrogens (tertiary/aromatic N) is 2. The average Bonchev–Trinajstić information content (AvgIpc) is 2.90. The summed E-state index contributed by atoms with van der Waals surface area (Å²) in [6, 6.07) is 24.8. The summed E-state index contributed by atoms with van der Waals surface area (Å²) in [6.07, 6.45) is 2.12. The number of para-hydroxylation sites is 1. The molecule has 0 bridgehead atoms. The van der Waals surface area contributed by atoms with Crippen molar-refractivity contribution in [2.75, 3.05) is 17.1 Å². The van der Waals surface area contributed by atoms with Gasteiger partial charge in [-0.1, -0.05) is 79.7 Å². The number of carbonyl (C=O) groups excluding carboxylic acids is 2. The van der Waals surface area contributed by atoms with E-state index in [2.05, 4.69) is 5.32 Å². The van der Waals surface area contributed by atoms with E-state index >= 15 is 0 Å². The number of hydrogen-bond acceptors (Lipinski definition) is 4. The van der Waals surface area contributed by atoms with Gasteiger partial charge >= 0.3 is 0 Å². The first-order valence-corrected chi connectivity index (χ1v) is 14.7. The summed E-state index contributed by atoms with van der Waals surface area (Å²) in [5.41, 5.74) is 3.17. The molecule has 0 aliphatic rings. The molecule has 2 amide bonds. The number of nitrogens with one attached hydrogen (secondary N) is 1. The molecule has 0 spiro atoms. The lowest BCUT2D eigenvalue weighted by Crippen LogP contribution is -2.54. The molecule has 2 atom stereocenters. The van der Waals surface area contributed by atoms with E-state index in [1.165, 1.54) is 4.90 Å². The third-order valence-corrected chi connectivity index (χ3v) is 7.74. The monoisotopic (exact) mass is 535 g/mol. The SMILES string of the molecule is CCC(C)NC(=O)C(Cc1ccccc1)N(Cc1ccccc1C)C(=O)CN(c1ccccc1)S(C)(=O)=O. The number of carbonyl (C=O) groups is 2. The van der Waals surface area contributed by atoms with E-state index in [1.807, 2.05) is 75.4 Å². The van der Waals surface area contributed by atoms with Crippen molar-refractivity contribution in [1.29, 1.82) is 0 Å². The fourth-order valence-corrected chi connectivity index (χ4v) is 5.02. The van der Waals surface area contributed by atoms with Gasteiger partial charge in [-0.3, -0.25) is 13.9 Å². The molecule has 1 N–H and O–H groups in total. The second kappa shape index (κ2) is 13.2. The number of rotatable bonds is 12. The first kappa shape index (κ1) is 28.9. The first-order chi connectivity index (χ1) is 18.1. The minimum Gasteiger partial charge on any atom is -0.352 e. The highest BCUT2D eigenvalue weighted by molar-refractivity contribution is 7.92. The van der Waals surface area contributed by atoms with Crippen LogP contribution in [0, 0.1) is 6.92 Å². The van der Waals surface area contributed by atoms with Crippen molar-refractivity contribution in [2.45, 2.75) is 52.2 Å². The van der Waals surface area contributed by atoms with Crippen LogP contribution in [0.3, 0.4) is 0 Å². The maximum atomic E-state index is 14.0. The highest BCUT2D eigenvalue weighted by Crippen LogP contribution is 2.21. The van der Waals surface area contributed by atoms with E-state index in [1.54, 1.807) is 30.3 Å². The van der Waals surface area contributed by atoms with E-state index in [4.69, 9.17) is 0 Å². The molecule has 0 aromatic heterocycles. The van der Waals surface area contributed by atoms with Gasteiger partial charge < -0.3 is 10.2 Å².